The second-order valence-electron chi connectivity index (χ2n) is 4.80. The maximum atomic E-state index is 12.3. The second-order valence-corrected chi connectivity index (χ2v) is 6.42. The Hall–Kier alpha value is -2.35. The van der Waals surface area contributed by atoms with Gasteiger partial charge in [0.05, 0.1) is 11.9 Å². The van der Waals surface area contributed by atoms with Gasteiger partial charge in [0.2, 0.25) is 0 Å². The molecule has 21 heavy (non-hydrogen) atoms. The van der Waals surface area contributed by atoms with Gasteiger partial charge in [-0.3, -0.25) is 9.82 Å². The molecule has 7 nitrogen and oxygen atoms in total. The molecule has 2 aromatic rings. The van der Waals surface area contributed by atoms with Crippen molar-refractivity contribution in [2.24, 2.45) is 0 Å². The van der Waals surface area contributed by atoms with Gasteiger partial charge in [-0.15, -0.1) is 0 Å². The van der Waals surface area contributed by atoms with Gasteiger partial charge in [-0.25, -0.2) is 4.79 Å². The number of anilines is 1. The van der Waals surface area contributed by atoms with Crippen molar-refractivity contribution in [3.63, 3.8) is 0 Å². The summed E-state index contributed by atoms with van der Waals surface area (Å²) in [5.74, 6) is -1.36. The maximum absolute atomic E-state index is 12.3. The van der Waals surface area contributed by atoms with Crippen LogP contribution in [-0.2, 0) is 10.0 Å². The normalized spacial score (nSPS) is 11.4. The van der Waals surface area contributed by atoms with Crippen molar-refractivity contribution in [2.75, 3.05) is 4.72 Å². The van der Waals surface area contributed by atoms with E-state index in [2.05, 4.69) is 14.9 Å². The minimum atomic E-state index is -4.05. The molecule has 1 aromatic carbocycles. The lowest BCUT2D eigenvalue weighted by Gasteiger charge is -2.13. The van der Waals surface area contributed by atoms with Gasteiger partial charge in [0, 0.05) is 0 Å². The standard InChI is InChI=1S/C13H15N3O4S/c1-7-4-8(2)11(9(3)5-7)16-21(19,20)12-10(13(17)18)6-14-15-12/h4-6,16H,1-3H3,(H,14,15)(H,17,18). The van der Waals surface area contributed by atoms with Crippen LogP contribution in [-0.4, -0.2) is 29.7 Å². The van der Waals surface area contributed by atoms with Gasteiger partial charge in [0.1, 0.15) is 5.56 Å². The van der Waals surface area contributed by atoms with Gasteiger partial charge >= 0.3 is 5.97 Å². The Morgan fingerprint density at radius 1 is 1.24 bits per heavy atom. The van der Waals surface area contributed by atoms with Crippen molar-refractivity contribution in [3.8, 4) is 0 Å². The number of nitrogens with one attached hydrogen (secondary N) is 2. The first kappa shape index (κ1) is 15.0. The fourth-order valence-electron chi connectivity index (χ4n) is 2.16. The molecule has 0 aliphatic rings. The molecule has 3 N–H and O–H groups in total. The number of aromatic nitrogens is 2. The number of carbonyl (C=O) groups is 1. The first-order valence-corrected chi connectivity index (χ1v) is 7.58. The molecule has 0 aliphatic heterocycles. The molecular weight excluding hydrogens is 294 g/mol. The van der Waals surface area contributed by atoms with E-state index in [0.29, 0.717) is 5.69 Å². The van der Waals surface area contributed by atoms with E-state index in [-0.39, 0.29) is 0 Å². The average Bonchev–Trinajstić information content (AvgIpc) is 2.83. The molecule has 1 aromatic heterocycles. The summed E-state index contributed by atoms with van der Waals surface area (Å²) in [5, 5.41) is 14.2. The van der Waals surface area contributed by atoms with Crippen molar-refractivity contribution >= 4 is 21.7 Å². The van der Waals surface area contributed by atoms with Crippen LogP contribution in [0.5, 0.6) is 0 Å². The summed E-state index contributed by atoms with van der Waals surface area (Å²) in [5.41, 5.74) is 2.57. The van der Waals surface area contributed by atoms with Crippen molar-refractivity contribution in [1.29, 1.82) is 0 Å². The highest BCUT2D eigenvalue weighted by molar-refractivity contribution is 7.92. The molecule has 0 saturated carbocycles. The Labute approximate surface area is 122 Å². The number of nitrogens with zero attached hydrogens (tertiary/aromatic N) is 1. The van der Waals surface area contributed by atoms with Crippen LogP contribution in [0, 0.1) is 20.8 Å². The van der Waals surface area contributed by atoms with Crippen LogP contribution in [0.3, 0.4) is 0 Å². The minimum Gasteiger partial charge on any atom is -0.478 e. The summed E-state index contributed by atoms with van der Waals surface area (Å²) in [6.07, 6.45) is 0.964. The summed E-state index contributed by atoms with van der Waals surface area (Å²) in [7, 11) is -4.05. The molecule has 0 atom stereocenters. The van der Waals surface area contributed by atoms with E-state index >= 15 is 0 Å². The van der Waals surface area contributed by atoms with Gasteiger partial charge in [-0.05, 0) is 31.9 Å². The number of carboxylic acids is 1. The highest BCUT2D eigenvalue weighted by atomic mass is 32.2. The van der Waals surface area contributed by atoms with Crippen LogP contribution < -0.4 is 4.72 Å². The Morgan fingerprint density at radius 3 is 2.33 bits per heavy atom. The third kappa shape index (κ3) is 2.89. The molecule has 1 heterocycles. The first-order valence-electron chi connectivity index (χ1n) is 6.09. The second kappa shape index (κ2) is 5.21. The number of hydrogen-bond acceptors (Lipinski definition) is 4. The number of hydrogen-bond donors (Lipinski definition) is 3. The van der Waals surface area contributed by atoms with Crippen LogP contribution in [0.4, 0.5) is 5.69 Å². The molecule has 112 valence electrons. The number of aromatic carboxylic acids is 1. The van der Waals surface area contributed by atoms with Gasteiger partial charge in [0.25, 0.3) is 10.0 Å². The van der Waals surface area contributed by atoms with Crippen molar-refractivity contribution in [1.82, 2.24) is 10.2 Å². The maximum Gasteiger partial charge on any atom is 0.340 e. The largest absolute Gasteiger partial charge is 0.478 e. The fourth-order valence-corrected chi connectivity index (χ4v) is 3.45. The zero-order valence-electron chi connectivity index (χ0n) is 11.8. The van der Waals surface area contributed by atoms with Gasteiger partial charge in [-0.2, -0.15) is 13.5 Å². The fraction of sp³-hybridized carbons (Fsp3) is 0.231. The smallest absolute Gasteiger partial charge is 0.340 e. The number of aryl methyl sites for hydroxylation is 3. The predicted molar refractivity (Wildman–Crippen MR) is 77.0 cm³/mol. The molecule has 8 heteroatoms. The lowest BCUT2D eigenvalue weighted by atomic mass is 10.1. The quantitative estimate of drug-likeness (QED) is 0.797. The van der Waals surface area contributed by atoms with E-state index in [1.165, 1.54) is 0 Å². The summed E-state index contributed by atoms with van der Waals surface area (Å²) < 4.78 is 27.1. The number of sulfonamides is 1. The molecule has 2 rings (SSSR count). The molecule has 0 amide bonds. The average molecular weight is 309 g/mol. The van der Waals surface area contributed by atoms with E-state index in [1.54, 1.807) is 13.8 Å². The van der Waals surface area contributed by atoms with E-state index in [9.17, 15) is 13.2 Å². The number of carboxylic acid groups (broad SMARTS) is 1. The van der Waals surface area contributed by atoms with E-state index in [1.807, 2.05) is 19.1 Å². The summed E-state index contributed by atoms with van der Waals surface area (Å²) in [6.45, 7) is 5.47. The number of aromatic amines is 1. The minimum absolute atomic E-state index is 0.398. The van der Waals surface area contributed by atoms with Crippen LogP contribution in [0.25, 0.3) is 0 Å². The van der Waals surface area contributed by atoms with Crippen molar-refractivity contribution in [2.45, 2.75) is 25.8 Å². The Morgan fingerprint density at radius 2 is 1.81 bits per heavy atom. The van der Waals surface area contributed by atoms with E-state index < -0.39 is 26.6 Å². The molecule has 0 unspecified atom stereocenters. The number of benzene rings is 1. The monoisotopic (exact) mass is 309 g/mol. The summed E-state index contributed by atoms with van der Waals surface area (Å²) in [6, 6.07) is 3.69. The lowest BCUT2D eigenvalue weighted by molar-refractivity contribution is 0.0692. The molecule has 0 aliphatic carbocycles. The van der Waals surface area contributed by atoms with Crippen LogP contribution in [0.2, 0.25) is 0 Å². The van der Waals surface area contributed by atoms with Crippen molar-refractivity contribution in [3.05, 3.63) is 40.6 Å². The number of rotatable bonds is 4. The Bertz CT molecular complexity index is 786. The van der Waals surface area contributed by atoms with Crippen LogP contribution >= 0.6 is 0 Å². The van der Waals surface area contributed by atoms with E-state index in [0.717, 1.165) is 22.9 Å². The molecule has 0 spiro atoms. The number of H-pyrrole nitrogens is 1. The highest BCUT2D eigenvalue weighted by Gasteiger charge is 2.25. The van der Waals surface area contributed by atoms with Crippen molar-refractivity contribution < 1.29 is 18.3 Å². The molecule has 0 bridgehead atoms. The Kier molecular flexibility index (Phi) is 3.73. The summed E-state index contributed by atoms with van der Waals surface area (Å²) in [4.78, 5) is 11.0. The van der Waals surface area contributed by atoms with Crippen LogP contribution in [0.1, 0.15) is 27.0 Å². The predicted octanol–water partition coefficient (Wildman–Crippen LogP) is 1.83. The highest BCUT2D eigenvalue weighted by Crippen LogP contribution is 2.25. The van der Waals surface area contributed by atoms with Gasteiger partial charge in [0.15, 0.2) is 5.03 Å². The molecule has 0 saturated heterocycles. The zero-order valence-corrected chi connectivity index (χ0v) is 12.6. The topological polar surface area (TPSA) is 112 Å². The van der Waals surface area contributed by atoms with Gasteiger partial charge < -0.3 is 5.11 Å². The van der Waals surface area contributed by atoms with Crippen LogP contribution in [0.15, 0.2) is 23.4 Å². The van der Waals surface area contributed by atoms with Gasteiger partial charge in [-0.1, -0.05) is 17.7 Å². The third-order valence-electron chi connectivity index (χ3n) is 3.02. The SMILES string of the molecule is Cc1cc(C)c(NS(=O)(=O)c2[nH]ncc2C(=O)O)c(C)c1. The zero-order chi connectivity index (χ0) is 15.8. The first-order chi connectivity index (χ1) is 9.72. The van der Waals surface area contributed by atoms with E-state index in [4.69, 9.17) is 5.11 Å². The summed E-state index contributed by atoms with van der Waals surface area (Å²) >= 11 is 0. The molecular formula is C13H15N3O4S. The Balaban J connectivity index is 2.48. The molecule has 0 fully saturated rings. The lowest BCUT2D eigenvalue weighted by Crippen LogP contribution is -2.18. The third-order valence-corrected chi connectivity index (χ3v) is 4.34. The molecule has 0 radical (unpaired) electrons.